The number of aromatic nitrogens is 2. The molecule has 0 unspecified atom stereocenters. The number of amides is 3. The van der Waals surface area contributed by atoms with Gasteiger partial charge in [-0.15, -0.1) is 10.2 Å². The highest BCUT2D eigenvalue weighted by Crippen LogP contribution is 2.15. The first kappa shape index (κ1) is 18.2. The molecule has 1 fully saturated rings. The number of hydrogen-bond acceptors (Lipinski definition) is 6. The number of nitrogens with one attached hydrogen (secondary N) is 1. The minimum absolute atomic E-state index is 0.0441. The zero-order chi connectivity index (χ0) is 17.5. The van der Waals surface area contributed by atoms with Crippen LogP contribution in [0, 0.1) is 12.8 Å². The van der Waals surface area contributed by atoms with Gasteiger partial charge in [0.1, 0.15) is 6.54 Å². The van der Waals surface area contributed by atoms with Crippen LogP contribution in [0.4, 0.5) is 4.79 Å². The monoisotopic (exact) mass is 338 g/mol. The number of likely N-dealkylation sites (tertiary alicyclic amines) is 1. The first-order valence-corrected chi connectivity index (χ1v) is 8.25. The lowest BCUT2D eigenvalue weighted by Crippen LogP contribution is -2.42. The Morgan fingerprint density at radius 2 is 2.25 bits per heavy atom. The van der Waals surface area contributed by atoms with Crippen molar-refractivity contribution < 1.29 is 14.0 Å². The van der Waals surface area contributed by atoms with Crippen LogP contribution in [-0.4, -0.2) is 65.2 Å². The Morgan fingerprint density at radius 3 is 2.92 bits per heavy atom. The second-order valence-corrected chi connectivity index (χ2v) is 6.20. The molecule has 0 radical (unpaired) electrons. The van der Waals surface area contributed by atoms with Crippen molar-refractivity contribution in [2.75, 3.05) is 33.2 Å². The van der Waals surface area contributed by atoms with Crippen molar-refractivity contribution in [3.8, 4) is 0 Å². The van der Waals surface area contributed by atoms with Gasteiger partial charge in [0, 0.05) is 27.1 Å². The first-order valence-electron chi connectivity index (χ1n) is 8.25. The van der Waals surface area contributed by atoms with Crippen molar-refractivity contribution in [2.24, 2.45) is 11.7 Å². The summed E-state index contributed by atoms with van der Waals surface area (Å²) in [5.41, 5.74) is 5.38. The van der Waals surface area contributed by atoms with Crippen molar-refractivity contribution in [3.05, 3.63) is 11.8 Å². The first-order chi connectivity index (χ1) is 11.5. The third kappa shape index (κ3) is 5.48. The number of primary amides is 1. The third-order valence-electron chi connectivity index (χ3n) is 4.12. The standard InChI is InChI=1S/C15H26N6O3/c1-11-18-19-13(24-11)10-20(2)15(23)17-6-4-8-21-7-3-5-12(9-21)14(16)22/h12H,3-10H2,1-2H3,(H2,16,22)(H,17,23)/t12-/m1/s1. The van der Waals surface area contributed by atoms with Crippen LogP contribution in [0.15, 0.2) is 4.42 Å². The quantitative estimate of drug-likeness (QED) is 0.681. The average Bonchev–Trinajstić information content (AvgIpc) is 2.96. The lowest BCUT2D eigenvalue weighted by molar-refractivity contribution is -0.123. The van der Waals surface area contributed by atoms with Gasteiger partial charge in [-0.25, -0.2) is 4.79 Å². The minimum Gasteiger partial charge on any atom is -0.424 e. The fraction of sp³-hybridized carbons (Fsp3) is 0.733. The SMILES string of the molecule is Cc1nnc(CN(C)C(=O)NCCCN2CCC[C@@H](C(N)=O)C2)o1. The number of nitrogens with two attached hydrogens (primary N) is 1. The number of nitrogens with zero attached hydrogens (tertiary/aromatic N) is 4. The fourth-order valence-electron chi connectivity index (χ4n) is 2.80. The lowest BCUT2D eigenvalue weighted by Gasteiger charge is -2.31. The van der Waals surface area contributed by atoms with Crippen LogP contribution < -0.4 is 11.1 Å². The summed E-state index contributed by atoms with van der Waals surface area (Å²) in [6.45, 7) is 5.10. The molecule has 0 bridgehead atoms. The number of carbonyl (C=O) groups is 2. The Labute approximate surface area is 141 Å². The van der Waals surface area contributed by atoms with Gasteiger partial charge in [0.25, 0.3) is 0 Å². The summed E-state index contributed by atoms with van der Waals surface area (Å²) in [5, 5.41) is 10.5. The molecule has 1 saturated heterocycles. The van der Waals surface area contributed by atoms with E-state index < -0.39 is 0 Å². The van der Waals surface area contributed by atoms with Crippen molar-refractivity contribution in [1.82, 2.24) is 25.3 Å². The number of urea groups is 1. The maximum absolute atomic E-state index is 12.0. The molecule has 0 saturated carbocycles. The van der Waals surface area contributed by atoms with Crippen molar-refractivity contribution in [2.45, 2.75) is 32.7 Å². The highest BCUT2D eigenvalue weighted by Gasteiger charge is 2.23. The predicted octanol–water partition coefficient (Wildman–Crippen LogP) is 0.107. The van der Waals surface area contributed by atoms with E-state index in [0.29, 0.717) is 18.3 Å². The molecule has 0 aliphatic carbocycles. The van der Waals surface area contributed by atoms with Crippen molar-refractivity contribution >= 4 is 11.9 Å². The summed E-state index contributed by atoms with van der Waals surface area (Å²) < 4.78 is 5.25. The molecule has 24 heavy (non-hydrogen) atoms. The van der Waals surface area contributed by atoms with Gasteiger partial charge in [-0.05, 0) is 32.4 Å². The van der Waals surface area contributed by atoms with E-state index in [2.05, 4.69) is 20.4 Å². The molecule has 1 aromatic heterocycles. The number of hydrogen-bond donors (Lipinski definition) is 2. The minimum atomic E-state index is -0.217. The summed E-state index contributed by atoms with van der Waals surface area (Å²) >= 11 is 0. The van der Waals surface area contributed by atoms with E-state index in [0.717, 1.165) is 38.9 Å². The Kier molecular flexibility index (Phi) is 6.53. The average molecular weight is 338 g/mol. The molecular weight excluding hydrogens is 312 g/mol. The summed E-state index contributed by atoms with van der Waals surface area (Å²) in [4.78, 5) is 27.0. The molecule has 1 aliphatic rings. The molecule has 3 N–H and O–H groups in total. The fourth-order valence-corrected chi connectivity index (χ4v) is 2.80. The maximum atomic E-state index is 12.0. The topological polar surface area (TPSA) is 118 Å². The Hall–Kier alpha value is -2.16. The number of carbonyl (C=O) groups excluding carboxylic acids is 2. The molecule has 0 aromatic carbocycles. The number of rotatable bonds is 7. The van der Waals surface area contributed by atoms with Crippen LogP contribution in [0.1, 0.15) is 31.0 Å². The van der Waals surface area contributed by atoms with Gasteiger partial charge < -0.3 is 25.3 Å². The second kappa shape index (κ2) is 8.62. The van der Waals surface area contributed by atoms with Gasteiger partial charge >= 0.3 is 6.03 Å². The lowest BCUT2D eigenvalue weighted by atomic mass is 9.97. The van der Waals surface area contributed by atoms with E-state index in [9.17, 15) is 9.59 Å². The molecule has 2 heterocycles. The van der Waals surface area contributed by atoms with Crippen LogP contribution >= 0.6 is 0 Å². The molecule has 3 amide bonds. The molecule has 9 heteroatoms. The largest absolute Gasteiger partial charge is 0.424 e. The summed E-state index contributed by atoms with van der Waals surface area (Å²) in [6.07, 6.45) is 2.69. The summed E-state index contributed by atoms with van der Waals surface area (Å²) in [7, 11) is 1.68. The highest BCUT2D eigenvalue weighted by molar-refractivity contribution is 5.77. The van der Waals surface area contributed by atoms with Gasteiger partial charge in [0.2, 0.25) is 17.7 Å². The molecule has 1 aliphatic heterocycles. The van der Waals surface area contributed by atoms with E-state index in [1.54, 1.807) is 14.0 Å². The van der Waals surface area contributed by atoms with E-state index >= 15 is 0 Å². The molecule has 2 rings (SSSR count). The molecule has 9 nitrogen and oxygen atoms in total. The van der Waals surface area contributed by atoms with Gasteiger partial charge in [0.15, 0.2) is 0 Å². The zero-order valence-corrected chi connectivity index (χ0v) is 14.3. The van der Waals surface area contributed by atoms with Crippen LogP contribution in [0.2, 0.25) is 0 Å². The predicted molar refractivity (Wildman–Crippen MR) is 86.9 cm³/mol. The summed E-state index contributed by atoms with van der Waals surface area (Å²) in [5.74, 6) is 0.633. The van der Waals surface area contributed by atoms with Gasteiger partial charge in [-0.1, -0.05) is 0 Å². The van der Waals surface area contributed by atoms with Gasteiger partial charge in [0.05, 0.1) is 5.92 Å². The van der Waals surface area contributed by atoms with E-state index in [-0.39, 0.29) is 24.4 Å². The van der Waals surface area contributed by atoms with Crippen LogP contribution in [0.5, 0.6) is 0 Å². The highest BCUT2D eigenvalue weighted by atomic mass is 16.4. The maximum Gasteiger partial charge on any atom is 0.317 e. The number of aryl methyl sites for hydroxylation is 1. The van der Waals surface area contributed by atoms with Crippen LogP contribution in [-0.2, 0) is 11.3 Å². The molecular formula is C15H26N6O3. The Bertz CT molecular complexity index is 561. The second-order valence-electron chi connectivity index (χ2n) is 6.20. The molecule has 134 valence electrons. The van der Waals surface area contributed by atoms with Crippen LogP contribution in [0.3, 0.4) is 0 Å². The van der Waals surface area contributed by atoms with Crippen molar-refractivity contribution in [3.63, 3.8) is 0 Å². The third-order valence-corrected chi connectivity index (χ3v) is 4.12. The Balaban J connectivity index is 1.62. The summed E-state index contributed by atoms with van der Waals surface area (Å²) in [6, 6.07) is -0.181. The zero-order valence-electron chi connectivity index (χ0n) is 14.3. The van der Waals surface area contributed by atoms with E-state index in [1.165, 1.54) is 4.90 Å². The van der Waals surface area contributed by atoms with E-state index in [1.807, 2.05) is 0 Å². The Morgan fingerprint density at radius 1 is 1.46 bits per heavy atom. The molecule has 0 spiro atoms. The smallest absolute Gasteiger partial charge is 0.317 e. The molecule has 1 aromatic rings. The van der Waals surface area contributed by atoms with Crippen molar-refractivity contribution in [1.29, 1.82) is 0 Å². The molecule has 1 atom stereocenters. The van der Waals surface area contributed by atoms with Gasteiger partial charge in [-0.3, -0.25) is 4.79 Å². The van der Waals surface area contributed by atoms with Crippen LogP contribution in [0.25, 0.3) is 0 Å². The normalized spacial score (nSPS) is 18.3. The van der Waals surface area contributed by atoms with Gasteiger partial charge in [-0.2, -0.15) is 0 Å². The number of piperidine rings is 1. The van der Waals surface area contributed by atoms with E-state index in [4.69, 9.17) is 10.2 Å².